The number of rotatable bonds is 9. The highest BCUT2D eigenvalue weighted by Crippen LogP contribution is 2.20. The van der Waals surface area contributed by atoms with Gasteiger partial charge in [0, 0.05) is 18.7 Å². The molecule has 0 spiro atoms. The van der Waals surface area contributed by atoms with Gasteiger partial charge in [0.15, 0.2) is 0 Å². The van der Waals surface area contributed by atoms with Gasteiger partial charge in [0.2, 0.25) is 15.9 Å². The Morgan fingerprint density at radius 3 is 2.31 bits per heavy atom. The number of hydrogen-bond donors (Lipinski definition) is 1. The van der Waals surface area contributed by atoms with Crippen molar-refractivity contribution in [2.24, 2.45) is 0 Å². The van der Waals surface area contributed by atoms with Crippen molar-refractivity contribution >= 4 is 21.9 Å². The number of amides is 1. The second-order valence-corrected chi connectivity index (χ2v) is 10.4. The lowest BCUT2D eigenvalue weighted by Gasteiger charge is -2.20. The van der Waals surface area contributed by atoms with E-state index in [2.05, 4.69) is 21.6 Å². The molecule has 0 aliphatic heterocycles. The number of aromatic nitrogens is 2. The number of sulfonamides is 1. The van der Waals surface area contributed by atoms with E-state index < -0.39 is 15.9 Å². The number of hydrogen-bond acceptors (Lipinski definition) is 6. The highest BCUT2D eigenvalue weighted by atomic mass is 32.2. The minimum absolute atomic E-state index is 0.0180. The summed E-state index contributed by atoms with van der Waals surface area (Å²) in [4.78, 5) is 12.8. The SMILES string of the molecule is CCN(Cc1ccccc1)S(=O)(=O)c1ccc(C(=O)Nc2nnc(Cc3ccc(C)c(C)c3)o2)cc1. The molecule has 4 rings (SSSR count). The van der Waals surface area contributed by atoms with Crippen molar-refractivity contribution in [3.05, 3.63) is 107 Å². The Bertz CT molecular complexity index is 1450. The molecule has 186 valence electrons. The number of benzene rings is 3. The quantitative estimate of drug-likeness (QED) is 0.353. The number of nitrogens with zero attached hydrogens (tertiary/aromatic N) is 3. The van der Waals surface area contributed by atoms with Gasteiger partial charge in [0.05, 0.1) is 11.3 Å². The van der Waals surface area contributed by atoms with E-state index in [1.54, 1.807) is 6.92 Å². The maximum absolute atomic E-state index is 13.1. The van der Waals surface area contributed by atoms with Crippen LogP contribution in [0.4, 0.5) is 6.01 Å². The largest absolute Gasteiger partial charge is 0.407 e. The van der Waals surface area contributed by atoms with Crippen molar-refractivity contribution in [3.63, 3.8) is 0 Å². The van der Waals surface area contributed by atoms with Crippen LogP contribution >= 0.6 is 0 Å². The normalized spacial score (nSPS) is 11.6. The lowest BCUT2D eigenvalue weighted by molar-refractivity contribution is 0.102. The fourth-order valence-corrected chi connectivity index (χ4v) is 5.15. The van der Waals surface area contributed by atoms with E-state index in [9.17, 15) is 13.2 Å². The van der Waals surface area contributed by atoms with E-state index in [1.807, 2.05) is 56.3 Å². The van der Waals surface area contributed by atoms with Crippen LogP contribution in [0, 0.1) is 13.8 Å². The molecule has 1 heterocycles. The van der Waals surface area contributed by atoms with Crippen molar-refractivity contribution in [2.75, 3.05) is 11.9 Å². The van der Waals surface area contributed by atoms with Crippen LogP contribution in [-0.2, 0) is 23.0 Å². The molecule has 0 bridgehead atoms. The predicted molar refractivity (Wildman–Crippen MR) is 137 cm³/mol. The van der Waals surface area contributed by atoms with Crippen LogP contribution < -0.4 is 5.32 Å². The molecule has 0 aliphatic rings. The molecule has 0 atom stereocenters. The van der Waals surface area contributed by atoms with Gasteiger partial charge in [-0.15, -0.1) is 5.10 Å². The third kappa shape index (κ3) is 5.87. The van der Waals surface area contributed by atoms with Crippen molar-refractivity contribution in [3.8, 4) is 0 Å². The van der Waals surface area contributed by atoms with Crippen LogP contribution in [0.25, 0.3) is 0 Å². The zero-order valence-electron chi connectivity index (χ0n) is 20.4. The Hall–Kier alpha value is -3.82. The van der Waals surface area contributed by atoms with E-state index >= 15 is 0 Å². The standard InChI is InChI=1S/C27H28N4O4S/c1-4-31(18-21-8-6-5-7-9-21)36(33,34)24-14-12-23(13-15-24)26(32)28-27-30-29-25(35-27)17-22-11-10-19(2)20(3)16-22/h5-16H,4,17-18H2,1-3H3,(H,28,30,32). The Morgan fingerprint density at radius 2 is 1.64 bits per heavy atom. The summed E-state index contributed by atoms with van der Waals surface area (Å²) in [7, 11) is -3.72. The van der Waals surface area contributed by atoms with Crippen LogP contribution in [0.1, 0.15) is 45.4 Å². The molecule has 0 aliphatic carbocycles. The number of aryl methyl sites for hydroxylation is 2. The van der Waals surface area contributed by atoms with Gasteiger partial charge >= 0.3 is 6.01 Å². The molecule has 4 aromatic rings. The van der Waals surface area contributed by atoms with Crippen LogP contribution in [0.3, 0.4) is 0 Å². The molecule has 0 fully saturated rings. The van der Waals surface area contributed by atoms with Gasteiger partial charge in [-0.1, -0.05) is 60.6 Å². The fourth-order valence-electron chi connectivity index (χ4n) is 3.71. The molecule has 3 aromatic carbocycles. The lowest BCUT2D eigenvalue weighted by atomic mass is 10.0. The number of carbonyl (C=O) groups excluding carboxylic acids is 1. The summed E-state index contributed by atoms with van der Waals surface area (Å²) in [5.41, 5.74) is 4.58. The summed E-state index contributed by atoms with van der Waals surface area (Å²) < 4.78 is 33.2. The molecule has 1 amide bonds. The molecule has 36 heavy (non-hydrogen) atoms. The molecule has 8 nitrogen and oxygen atoms in total. The third-order valence-corrected chi connectivity index (χ3v) is 7.86. The highest BCUT2D eigenvalue weighted by molar-refractivity contribution is 7.89. The topological polar surface area (TPSA) is 105 Å². The van der Waals surface area contributed by atoms with E-state index in [-0.39, 0.29) is 23.0 Å². The Balaban J connectivity index is 1.41. The maximum Gasteiger partial charge on any atom is 0.322 e. The number of carbonyl (C=O) groups is 1. The van der Waals surface area contributed by atoms with Gasteiger partial charge in [0.25, 0.3) is 5.91 Å². The molecule has 0 saturated heterocycles. The molecule has 0 saturated carbocycles. The van der Waals surface area contributed by atoms with E-state index in [1.165, 1.54) is 39.7 Å². The van der Waals surface area contributed by atoms with Crippen molar-refractivity contribution in [1.29, 1.82) is 0 Å². The van der Waals surface area contributed by atoms with Crippen molar-refractivity contribution < 1.29 is 17.6 Å². The van der Waals surface area contributed by atoms with Crippen LogP contribution in [0.15, 0.2) is 82.1 Å². The predicted octanol–water partition coefficient (Wildman–Crippen LogP) is 4.74. The number of anilines is 1. The molecular weight excluding hydrogens is 476 g/mol. The van der Waals surface area contributed by atoms with Gasteiger partial charge in [-0.05, 0) is 60.4 Å². The van der Waals surface area contributed by atoms with Crippen LogP contribution in [-0.4, -0.2) is 35.4 Å². The van der Waals surface area contributed by atoms with E-state index in [4.69, 9.17) is 4.42 Å². The monoisotopic (exact) mass is 504 g/mol. The summed E-state index contributed by atoms with van der Waals surface area (Å²) in [5.74, 6) is -0.0926. The zero-order valence-corrected chi connectivity index (χ0v) is 21.2. The maximum atomic E-state index is 13.1. The smallest absolute Gasteiger partial charge is 0.322 e. The van der Waals surface area contributed by atoms with E-state index in [0.717, 1.165) is 11.1 Å². The second kappa shape index (κ2) is 10.8. The van der Waals surface area contributed by atoms with Gasteiger partial charge in [0.1, 0.15) is 0 Å². The first-order chi connectivity index (χ1) is 17.3. The zero-order chi connectivity index (χ0) is 25.7. The third-order valence-electron chi connectivity index (χ3n) is 5.92. The minimum Gasteiger partial charge on any atom is -0.407 e. The first kappa shape index (κ1) is 25.3. The average molecular weight is 505 g/mol. The Labute approximate surface area is 211 Å². The highest BCUT2D eigenvalue weighted by Gasteiger charge is 2.23. The van der Waals surface area contributed by atoms with E-state index in [0.29, 0.717) is 18.9 Å². The molecule has 1 N–H and O–H groups in total. The molecule has 0 unspecified atom stereocenters. The Kier molecular flexibility index (Phi) is 7.61. The molecule has 0 radical (unpaired) electrons. The molecular formula is C27H28N4O4S. The first-order valence-electron chi connectivity index (χ1n) is 11.6. The summed E-state index contributed by atoms with van der Waals surface area (Å²) in [6.45, 7) is 6.47. The summed E-state index contributed by atoms with van der Waals surface area (Å²) in [6, 6.07) is 21.3. The van der Waals surface area contributed by atoms with Crippen LogP contribution in [0.2, 0.25) is 0 Å². The summed E-state index contributed by atoms with van der Waals surface area (Å²) >= 11 is 0. The Morgan fingerprint density at radius 1 is 0.917 bits per heavy atom. The van der Waals surface area contributed by atoms with Crippen molar-refractivity contribution in [1.82, 2.24) is 14.5 Å². The molecule has 9 heteroatoms. The van der Waals surface area contributed by atoms with Gasteiger partial charge < -0.3 is 4.42 Å². The van der Waals surface area contributed by atoms with Crippen LogP contribution in [0.5, 0.6) is 0 Å². The average Bonchev–Trinajstić information content (AvgIpc) is 3.31. The summed E-state index contributed by atoms with van der Waals surface area (Å²) in [6.07, 6.45) is 0.452. The van der Waals surface area contributed by atoms with Gasteiger partial charge in [-0.2, -0.15) is 4.31 Å². The van der Waals surface area contributed by atoms with Gasteiger partial charge in [-0.3, -0.25) is 10.1 Å². The molecule has 1 aromatic heterocycles. The fraction of sp³-hybridized carbons (Fsp3) is 0.222. The first-order valence-corrected chi connectivity index (χ1v) is 13.0. The second-order valence-electron chi connectivity index (χ2n) is 8.49. The lowest BCUT2D eigenvalue weighted by Crippen LogP contribution is -2.30. The minimum atomic E-state index is -3.72. The van der Waals surface area contributed by atoms with Crippen molar-refractivity contribution in [2.45, 2.75) is 38.6 Å². The van der Waals surface area contributed by atoms with Gasteiger partial charge in [-0.25, -0.2) is 8.42 Å². The summed E-state index contributed by atoms with van der Waals surface area (Å²) in [5, 5.41) is 10.5. The number of nitrogens with one attached hydrogen (secondary N) is 1.